The van der Waals surface area contributed by atoms with Gasteiger partial charge in [0.15, 0.2) is 0 Å². The van der Waals surface area contributed by atoms with Crippen LogP contribution in [-0.2, 0) is 11.8 Å². The fraction of sp³-hybridized carbons (Fsp3) is 0.438. The third kappa shape index (κ3) is 2.24. The van der Waals surface area contributed by atoms with Crippen LogP contribution in [0.4, 0.5) is 4.39 Å². The van der Waals surface area contributed by atoms with Gasteiger partial charge in [-0.25, -0.2) is 4.39 Å². The minimum atomic E-state index is -0.151. The smallest absolute Gasteiger partial charge is 0.127 e. The highest BCUT2D eigenvalue weighted by Crippen LogP contribution is 2.33. The van der Waals surface area contributed by atoms with Crippen LogP contribution in [0.25, 0.3) is 0 Å². The molecule has 3 nitrogen and oxygen atoms in total. The Bertz CT molecular complexity index is 599. The summed E-state index contributed by atoms with van der Waals surface area (Å²) in [5.74, 6) is -0.114. The normalized spacial score (nSPS) is 17.2. The number of nitrogens with zero attached hydrogens (tertiary/aromatic N) is 2. The largest absolute Gasteiger partial charge is 0.315 e. The lowest BCUT2D eigenvalue weighted by Crippen LogP contribution is -2.58. The Hall–Kier alpha value is -1.68. The Morgan fingerprint density at radius 1 is 1.30 bits per heavy atom. The molecule has 0 radical (unpaired) electrons. The standard InChI is InChI=1S/C16H20FN3/c1-12(2)20-8-7-13(19-20)9-16(10-18-11-16)14-5-3-4-6-15(14)17/h3-8,12,18H,9-11H2,1-2H3. The second kappa shape index (κ2) is 5.02. The molecule has 1 aromatic carbocycles. The molecule has 0 amide bonds. The van der Waals surface area contributed by atoms with Crippen LogP contribution in [0.2, 0.25) is 0 Å². The van der Waals surface area contributed by atoms with Gasteiger partial charge in [0, 0.05) is 37.2 Å². The van der Waals surface area contributed by atoms with Crippen LogP contribution in [0.15, 0.2) is 36.5 Å². The van der Waals surface area contributed by atoms with Gasteiger partial charge >= 0.3 is 0 Å². The molecule has 4 heteroatoms. The Labute approximate surface area is 118 Å². The second-order valence-electron chi connectivity index (χ2n) is 5.92. The van der Waals surface area contributed by atoms with Gasteiger partial charge in [-0.15, -0.1) is 0 Å². The maximum atomic E-state index is 14.1. The van der Waals surface area contributed by atoms with Gasteiger partial charge in [-0.05, 0) is 31.5 Å². The lowest BCUT2D eigenvalue weighted by atomic mass is 9.71. The highest BCUT2D eigenvalue weighted by Gasteiger charge is 2.41. The first-order chi connectivity index (χ1) is 9.61. The zero-order valence-electron chi connectivity index (χ0n) is 11.9. The number of benzene rings is 1. The van der Waals surface area contributed by atoms with Crippen molar-refractivity contribution in [2.24, 2.45) is 0 Å². The van der Waals surface area contributed by atoms with E-state index >= 15 is 0 Å². The lowest BCUT2D eigenvalue weighted by molar-refractivity contribution is 0.263. The van der Waals surface area contributed by atoms with Crippen LogP contribution < -0.4 is 5.32 Å². The molecule has 1 aromatic heterocycles. The van der Waals surface area contributed by atoms with Gasteiger partial charge in [-0.2, -0.15) is 5.10 Å². The summed E-state index contributed by atoms with van der Waals surface area (Å²) in [4.78, 5) is 0. The van der Waals surface area contributed by atoms with E-state index in [9.17, 15) is 4.39 Å². The summed E-state index contributed by atoms with van der Waals surface area (Å²) in [5, 5.41) is 7.87. The van der Waals surface area contributed by atoms with E-state index in [-0.39, 0.29) is 11.2 Å². The van der Waals surface area contributed by atoms with Crippen molar-refractivity contribution in [2.45, 2.75) is 31.7 Å². The topological polar surface area (TPSA) is 29.9 Å². The van der Waals surface area contributed by atoms with Gasteiger partial charge in [0.2, 0.25) is 0 Å². The molecule has 1 aliphatic heterocycles. The van der Waals surface area contributed by atoms with Crippen molar-refractivity contribution < 1.29 is 4.39 Å². The van der Waals surface area contributed by atoms with Crippen molar-refractivity contribution in [3.63, 3.8) is 0 Å². The minimum absolute atomic E-state index is 0.114. The van der Waals surface area contributed by atoms with E-state index in [4.69, 9.17) is 0 Å². The maximum Gasteiger partial charge on any atom is 0.127 e. The van der Waals surface area contributed by atoms with E-state index in [1.165, 1.54) is 0 Å². The zero-order valence-corrected chi connectivity index (χ0v) is 11.9. The monoisotopic (exact) mass is 273 g/mol. The quantitative estimate of drug-likeness (QED) is 0.928. The summed E-state index contributed by atoms with van der Waals surface area (Å²) >= 11 is 0. The Balaban J connectivity index is 1.88. The highest BCUT2D eigenvalue weighted by atomic mass is 19.1. The van der Waals surface area contributed by atoms with Gasteiger partial charge in [0.1, 0.15) is 5.82 Å². The number of rotatable bonds is 4. The molecule has 2 heterocycles. The van der Waals surface area contributed by atoms with Crippen LogP contribution in [-0.4, -0.2) is 22.9 Å². The SMILES string of the molecule is CC(C)n1ccc(CC2(c3ccccc3F)CNC2)n1. The molecule has 20 heavy (non-hydrogen) atoms. The highest BCUT2D eigenvalue weighted by molar-refractivity contribution is 5.33. The Morgan fingerprint density at radius 3 is 2.60 bits per heavy atom. The summed E-state index contributed by atoms with van der Waals surface area (Å²) in [5.41, 5.74) is 1.68. The zero-order chi connectivity index (χ0) is 14.2. The van der Waals surface area contributed by atoms with Crippen molar-refractivity contribution in [2.75, 3.05) is 13.1 Å². The molecule has 0 saturated carbocycles. The molecule has 0 spiro atoms. The first kappa shape index (κ1) is 13.3. The van der Waals surface area contributed by atoms with Gasteiger partial charge < -0.3 is 5.32 Å². The number of hydrogen-bond donors (Lipinski definition) is 1. The van der Waals surface area contributed by atoms with E-state index < -0.39 is 0 Å². The number of halogens is 1. The van der Waals surface area contributed by atoms with Gasteiger partial charge in [0.25, 0.3) is 0 Å². The molecular weight excluding hydrogens is 253 g/mol. The van der Waals surface area contributed by atoms with Crippen molar-refractivity contribution in [3.05, 3.63) is 53.6 Å². The molecular formula is C16H20FN3. The molecule has 0 bridgehead atoms. The van der Waals surface area contributed by atoms with Crippen molar-refractivity contribution >= 4 is 0 Å². The summed E-state index contributed by atoms with van der Waals surface area (Å²) in [6, 6.07) is 9.49. The fourth-order valence-corrected chi connectivity index (χ4v) is 2.83. The first-order valence-electron chi connectivity index (χ1n) is 7.10. The average molecular weight is 273 g/mol. The molecule has 1 aliphatic rings. The number of aromatic nitrogens is 2. The predicted molar refractivity (Wildman–Crippen MR) is 77.3 cm³/mol. The van der Waals surface area contributed by atoms with E-state index in [2.05, 4.69) is 24.3 Å². The number of hydrogen-bond acceptors (Lipinski definition) is 2. The first-order valence-corrected chi connectivity index (χ1v) is 7.10. The molecule has 1 fully saturated rings. The van der Waals surface area contributed by atoms with E-state index in [0.29, 0.717) is 6.04 Å². The molecule has 106 valence electrons. The summed E-state index contributed by atoms with van der Waals surface area (Å²) in [7, 11) is 0. The van der Waals surface area contributed by atoms with Crippen LogP contribution in [0.3, 0.4) is 0 Å². The van der Waals surface area contributed by atoms with Gasteiger partial charge in [-0.3, -0.25) is 4.68 Å². The fourth-order valence-electron chi connectivity index (χ4n) is 2.83. The van der Waals surface area contributed by atoms with Crippen LogP contribution >= 0.6 is 0 Å². The van der Waals surface area contributed by atoms with Crippen molar-refractivity contribution in [1.82, 2.24) is 15.1 Å². The maximum absolute atomic E-state index is 14.1. The minimum Gasteiger partial charge on any atom is -0.315 e. The Morgan fingerprint density at radius 2 is 2.05 bits per heavy atom. The molecule has 0 unspecified atom stereocenters. The molecule has 1 saturated heterocycles. The Kier molecular flexibility index (Phi) is 3.34. The van der Waals surface area contributed by atoms with Crippen LogP contribution in [0, 0.1) is 5.82 Å². The predicted octanol–water partition coefficient (Wildman–Crippen LogP) is 2.69. The molecule has 0 atom stereocenters. The lowest BCUT2D eigenvalue weighted by Gasteiger charge is -2.43. The average Bonchev–Trinajstić information content (AvgIpc) is 2.83. The third-order valence-corrected chi connectivity index (χ3v) is 4.08. The summed E-state index contributed by atoms with van der Waals surface area (Å²) < 4.78 is 16.0. The van der Waals surface area contributed by atoms with Crippen molar-refractivity contribution in [1.29, 1.82) is 0 Å². The molecule has 2 aromatic rings. The molecule has 1 N–H and O–H groups in total. The van der Waals surface area contributed by atoms with Crippen molar-refractivity contribution in [3.8, 4) is 0 Å². The summed E-state index contributed by atoms with van der Waals surface area (Å²) in [6.45, 7) is 5.83. The van der Waals surface area contributed by atoms with E-state index in [0.717, 1.165) is 30.8 Å². The van der Waals surface area contributed by atoms with E-state index in [1.54, 1.807) is 12.1 Å². The van der Waals surface area contributed by atoms with E-state index in [1.807, 2.05) is 29.1 Å². The summed E-state index contributed by atoms with van der Waals surface area (Å²) in [6.07, 6.45) is 2.78. The second-order valence-corrected chi connectivity index (χ2v) is 5.92. The third-order valence-electron chi connectivity index (χ3n) is 4.08. The van der Waals surface area contributed by atoms with Gasteiger partial charge in [0.05, 0.1) is 5.69 Å². The van der Waals surface area contributed by atoms with Crippen LogP contribution in [0.5, 0.6) is 0 Å². The molecule has 0 aliphatic carbocycles. The number of nitrogens with one attached hydrogen (secondary N) is 1. The molecule has 3 rings (SSSR count). The van der Waals surface area contributed by atoms with Gasteiger partial charge in [-0.1, -0.05) is 18.2 Å². The van der Waals surface area contributed by atoms with Crippen LogP contribution in [0.1, 0.15) is 31.1 Å².